The Labute approximate surface area is 88.4 Å². The van der Waals surface area contributed by atoms with Gasteiger partial charge in [-0.3, -0.25) is 0 Å². The lowest BCUT2D eigenvalue weighted by molar-refractivity contribution is 0.0141. The van der Waals surface area contributed by atoms with E-state index in [2.05, 4.69) is 22.8 Å². The fourth-order valence-corrected chi connectivity index (χ4v) is 1.32. The summed E-state index contributed by atoms with van der Waals surface area (Å²) in [5.41, 5.74) is 1.18. The second-order valence-electron chi connectivity index (χ2n) is 3.12. The van der Waals surface area contributed by atoms with E-state index in [1.807, 2.05) is 6.92 Å². The lowest BCUT2D eigenvalue weighted by Gasteiger charge is -2.15. The molecular weight excluding hydrogens is 200 g/mol. The van der Waals surface area contributed by atoms with Crippen LogP contribution in [0, 0.1) is 6.92 Å². The van der Waals surface area contributed by atoms with Gasteiger partial charge in [0.2, 0.25) is 0 Å². The van der Waals surface area contributed by atoms with Crippen LogP contribution in [0.2, 0.25) is 0 Å². The molecule has 1 aromatic heterocycles. The van der Waals surface area contributed by atoms with Crippen LogP contribution >= 0.6 is 12.6 Å². The van der Waals surface area contributed by atoms with Crippen LogP contribution in [0.3, 0.4) is 0 Å². The number of aromatic nitrogens is 2. The summed E-state index contributed by atoms with van der Waals surface area (Å²) >= 11 is 3.98. The average Bonchev–Trinajstić information content (AvgIpc) is 2.18. The zero-order valence-corrected chi connectivity index (χ0v) is 8.85. The molecule has 78 valence electrons. The molecule has 0 aliphatic rings. The van der Waals surface area contributed by atoms with Crippen LogP contribution in [0.15, 0.2) is 12.1 Å². The third-order valence-electron chi connectivity index (χ3n) is 1.91. The fourth-order valence-electron chi connectivity index (χ4n) is 1.05. The Morgan fingerprint density at radius 2 is 2.07 bits per heavy atom. The maximum Gasteiger partial charge on any atom is 0.124 e. The molecule has 1 rings (SSSR count). The molecule has 5 heteroatoms. The lowest BCUT2D eigenvalue weighted by Crippen LogP contribution is -2.20. The van der Waals surface area contributed by atoms with E-state index in [-0.39, 0.29) is 0 Å². The van der Waals surface area contributed by atoms with Crippen molar-refractivity contribution in [3.63, 3.8) is 0 Å². The van der Waals surface area contributed by atoms with E-state index >= 15 is 0 Å². The first-order valence-electron chi connectivity index (χ1n) is 4.42. The van der Waals surface area contributed by atoms with Gasteiger partial charge in [-0.25, -0.2) is 0 Å². The van der Waals surface area contributed by atoms with Crippen LogP contribution in [-0.2, 0) is 0 Å². The summed E-state index contributed by atoms with van der Waals surface area (Å²) in [7, 11) is 0. The van der Waals surface area contributed by atoms with Gasteiger partial charge in [0, 0.05) is 0 Å². The largest absolute Gasteiger partial charge is 0.390 e. The highest BCUT2D eigenvalue weighted by molar-refractivity contribution is 7.80. The molecule has 0 radical (unpaired) electrons. The zero-order chi connectivity index (χ0) is 10.6. The molecule has 14 heavy (non-hydrogen) atoms. The van der Waals surface area contributed by atoms with Crippen LogP contribution in [0.4, 0.5) is 0 Å². The second kappa shape index (κ2) is 5.29. The minimum absolute atomic E-state index is 0.393. The Kier molecular flexibility index (Phi) is 4.31. The van der Waals surface area contributed by atoms with Crippen molar-refractivity contribution in [1.82, 2.24) is 10.2 Å². The van der Waals surface area contributed by atoms with E-state index in [0.717, 1.165) is 5.69 Å². The van der Waals surface area contributed by atoms with Gasteiger partial charge in [0.25, 0.3) is 0 Å². The lowest BCUT2D eigenvalue weighted by atomic mass is 10.1. The van der Waals surface area contributed by atoms with Crippen LogP contribution in [0.25, 0.3) is 0 Å². The molecule has 2 unspecified atom stereocenters. The summed E-state index contributed by atoms with van der Waals surface area (Å²) in [6.07, 6.45) is -1.38. The van der Waals surface area contributed by atoms with Crippen molar-refractivity contribution in [1.29, 1.82) is 0 Å². The number of thiol groups is 1. The summed E-state index contributed by atoms with van der Waals surface area (Å²) in [6.45, 7) is 1.81. The number of aliphatic hydroxyl groups excluding tert-OH is 2. The first kappa shape index (κ1) is 11.4. The summed E-state index contributed by atoms with van der Waals surface area (Å²) in [5.74, 6) is 0.525. The Balaban J connectivity index is 2.68. The number of rotatable bonds is 4. The zero-order valence-electron chi connectivity index (χ0n) is 7.96. The Morgan fingerprint density at radius 3 is 2.57 bits per heavy atom. The SMILES string of the molecule is Cc1ccc(C(O)C(O)CCS)nn1. The number of aryl methyl sites for hydroxylation is 1. The normalized spacial score (nSPS) is 15.1. The van der Waals surface area contributed by atoms with E-state index in [1.54, 1.807) is 12.1 Å². The first-order chi connectivity index (χ1) is 6.65. The standard InChI is InChI=1S/C9H14N2O2S/c1-6-2-3-7(11-10-6)9(13)8(12)4-5-14/h2-3,8-9,12-14H,4-5H2,1H3. The predicted molar refractivity (Wildman–Crippen MR) is 56.2 cm³/mol. The van der Waals surface area contributed by atoms with Gasteiger partial charge < -0.3 is 10.2 Å². The highest BCUT2D eigenvalue weighted by atomic mass is 32.1. The van der Waals surface area contributed by atoms with Gasteiger partial charge in [-0.1, -0.05) is 0 Å². The topological polar surface area (TPSA) is 66.2 Å². The third-order valence-corrected chi connectivity index (χ3v) is 2.17. The quantitative estimate of drug-likeness (QED) is 0.639. The molecular formula is C9H14N2O2S. The molecule has 0 amide bonds. The average molecular weight is 214 g/mol. The molecule has 0 aliphatic carbocycles. The molecule has 0 aromatic carbocycles. The summed E-state index contributed by atoms with van der Waals surface area (Å²) in [6, 6.07) is 3.41. The van der Waals surface area contributed by atoms with Crippen LogP contribution < -0.4 is 0 Å². The van der Waals surface area contributed by atoms with Crippen molar-refractivity contribution < 1.29 is 10.2 Å². The Morgan fingerprint density at radius 1 is 1.36 bits per heavy atom. The molecule has 0 aliphatic heterocycles. The van der Waals surface area contributed by atoms with Gasteiger partial charge in [0.05, 0.1) is 17.5 Å². The molecule has 0 saturated carbocycles. The smallest absolute Gasteiger partial charge is 0.124 e. The van der Waals surface area contributed by atoms with Gasteiger partial charge in [-0.05, 0) is 31.2 Å². The van der Waals surface area contributed by atoms with Crippen molar-refractivity contribution >= 4 is 12.6 Å². The summed E-state index contributed by atoms with van der Waals surface area (Å²) < 4.78 is 0. The van der Waals surface area contributed by atoms with Gasteiger partial charge >= 0.3 is 0 Å². The second-order valence-corrected chi connectivity index (χ2v) is 3.57. The minimum Gasteiger partial charge on any atom is -0.390 e. The maximum absolute atomic E-state index is 9.62. The highest BCUT2D eigenvalue weighted by Gasteiger charge is 2.18. The fraction of sp³-hybridized carbons (Fsp3) is 0.556. The third kappa shape index (κ3) is 2.94. The van der Waals surface area contributed by atoms with Crippen molar-refractivity contribution in [2.24, 2.45) is 0 Å². The molecule has 4 nitrogen and oxygen atoms in total. The Bertz CT molecular complexity index is 279. The van der Waals surface area contributed by atoms with E-state index < -0.39 is 12.2 Å². The van der Waals surface area contributed by atoms with Crippen molar-refractivity contribution in [2.75, 3.05) is 5.75 Å². The first-order valence-corrected chi connectivity index (χ1v) is 5.05. The van der Waals surface area contributed by atoms with Gasteiger partial charge in [0.15, 0.2) is 0 Å². The molecule has 0 fully saturated rings. The van der Waals surface area contributed by atoms with E-state index in [0.29, 0.717) is 17.9 Å². The number of hydrogen-bond acceptors (Lipinski definition) is 5. The van der Waals surface area contributed by atoms with Crippen molar-refractivity contribution in [2.45, 2.75) is 25.6 Å². The predicted octanol–water partition coefficient (Wildman–Crippen LogP) is 0.499. The molecule has 0 bridgehead atoms. The number of aliphatic hydroxyl groups is 2. The van der Waals surface area contributed by atoms with Gasteiger partial charge in [-0.2, -0.15) is 22.8 Å². The van der Waals surface area contributed by atoms with Crippen molar-refractivity contribution in [3.8, 4) is 0 Å². The maximum atomic E-state index is 9.62. The Hall–Kier alpha value is -0.650. The van der Waals surface area contributed by atoms with Crippen LogP contribution in [0.1, 0.15) is 23.9 Å². The van der Waals surface area contributed by atoms with E-state index in [9.17, 15) is 10.2 Å². The number of nitrogens with zero attached hydrogens (tertiary/aromatic N) is 2. The summed E-state index contributed by atoms with van der Waals surface area (Å²) in [5, 5.41) is 26.7. The van der Waals surface area contributed by atoms with Gasteiger partial charge in [-0.15, -0.1) is 0 Å². The summed E-state index contributed by atoms with van der Waals surface area (Å²) in [4.78, 5) is 0. The van der Waals surface area contributed by atoms with E-state index in [1.165, 1.54) is 0 Å². The number of hydrogen-bond donors (Lipinski definition) is 3. The molecule has 2 N–H and O–H groups in total. The molecule has 0 spiro atoms. The molecule has 1 aromatic rings. The van der Waals surface area contributed by atoms with Crippen molar-refractivity contribution in [3.05, 3.63) is 23.5 Å². The molecule has 0 saturated heterocycles. The van der Waals surface area contributed by atoms with Gasteiger partial charge in [0.1, 0.15) is 6.10 Å². The molecule has 1 heterocycles. The van der Waals surface area contributed by atoms with Crippen LogP contribution in [0.5, 0.6) is 0 Å². The minimum atomic E-state index is -0.977. The van der Waals surface area contributed by atoms with Crippen LogP contribution in [-0.4, -0.2) is 32.3 Å². The monoisotopic (exact) mass is 214 g/mol. The van der Waals surface area contributed by atoms with E-state index in [4.69, 9.17) is 0 Å². The molecule has 2 atom stereocenters. The highest BCUT2D eigenvalue weighted by Crippen LogP contribution is 2.16.